The molecule has 0 bridgehead atoms. The Kier molecular flexibility index (Phi) is 5.93. The van der Waals surface area contributed by atoms with Crippen LogP contribution in [-0.4, -0.2) is 44.1 Å². The average Bonchev–Trinajstić information content (AvgIpc) is 2.60. The molecule has 0 aliphatic heterocycles. The van der Waals surface area contributed by atoms with Crippen molar-refractivity contribution in [2.75, 3.05) is 12.5 Å². The fourth-order valence-corrected chi connectivity index (χ4v) is 3.99. The molecule has 0 spiro atoms. The van der Waals surface area contributed by atoms with E-state index in [0.29, 0.717) is 0 Å². The summed E-state index contributed by atoms with van der Waals surface area (Å²) < 4.78 is 20.3. The third-order valence-electron chi connectivity index (χ3n) is 1.32. The quantitative estimate of drug-likeness (QED) is 0.558. The number of fused-ring (bicyclic) bond motifs is 1. The molecule has 3 nitrogen and oxygen atoms in total. The minimum atomic E-state index is -0.611. The van der Waals surface area contributed by atoms with Crippen LogP contribution in [0.1, 0.15) is 0 Å². The van der Waals surface area contributed by atoms with Gasteiger partial charge in [-0.2, -0.15) is 0 Å². The van der Waals surface area contributed by atoms with E-state index in [9.17, 15) is 4.21 Å². The molecule has 0 fully saturated rings. The van der Waals surface area contributed by atoms with Crippen molar-refractivity contribution in [1.82, 2.24) is 6.41 Å². The van der Waals surface area contributed by atoms with Crippen LogP contribution in [0.5, 0.6) is 0 Å². The van der Waals surface area contributed by atoms with Crippen molar-refractivity contribution in [1.29, 1.82) is 0 Å². The third kappa shape index (κ3) is 4.23. The van der Waals surface area contributed by atoms with Gasteiger partial charge in [0.1, 0.15) is 0 Å². The van der Waals surface area contributed by atoms with Crippen LogP contribution < -0.4 is 0 Å². The van der Waals surface area contributed by atoms with Gasteiger partial charge in [0.25, 0.3) is 0 Å². The second-order valence-corrected chi connectivity index (χ2v) is 7.43. The van der Waals surface area contributed by atoms with Gasteiger partial charge in [-0.25, -0.2) is 0 Å². The molecule has 0 unspecified atom stereocenters. The SMILES string of the molecule is Brc1ccc(Br)c2n[te]nc12.CS(C)=O. The average molecular weight is 468 g/mol. The summed E-state index contributed by atoms with van der Waals surface area (Å²) in [5.41, 5.74) is 2.03. The summed E-state index contributed by atoms with van der Waals surface area (Å²) in [5, 5.41) is 0. The van der Waals surface area contributed by atoms with E-state index in [0.717, 1.165) is 20.0 Å². The van der Waals surface area contributed by atoms with E-state index in [1.54, 1.807) is 12.5 Å². The summed E-state index contributed by atoms with van der Waals surface area (Å²) in [7, 11) is -0.611. The molecule has 0 amide bonds. The molecule has 1 aromatic carbocycles. The summed E-state index contributed by atoms with van der Waals surface area (Å²) in [6, 6.07) is 3.97. The molecule has 15 heavy (non-hydrogen) atoms. The van der Waals surface area contributed by atoms with Crippen LogP contribution in [0.3, 0.4) is 0 Å². The number of hydrogen-bond acceptors (Lipinski definition) is 3. The second kappa shape index (κ2) is 6.45. The van der Waals surface area contributed by atoms with E-state index in [2.05, 4.69) is 38.3 Å². The number of halogens is 2. The van der Waals surface area contributed by atoms with Gasteiger partial charge in [0.2, 0.25) is 0 Å². The Hall–Kier alpha value is 0.720. The van der Waals surface area contributed by atoms with E-state index in [4.69, 9.17) is 0 Å². The zero-order valence-corrected chi connectivity index (χ0v) is 14.3. The standard InChI is InChI=1S/C6H2Br2N2Te.C2H6OS/c7-3-1-2-4(8)6-5(3)9-11-10-6;1-4(2)3/h1-2H;1-2H3. The van der Waals surface area contributed by atoms with Gasteiger partial charge in [0.15, 0.2) is 0 Å². The van der Waals surface area contributed by atoms with E-state index < -0.39 is 31.8 Å². The van der Waals surface area contributed by atoms with Crippen molar-refractivity contribution < 1.29 is 4.21 Å². The van der Waals surface area contributed by atoms with Crippen molar-refractivity contribution in [3.63, 3.8) is 0 Å². The first kappa shape index (κ1) is 13.8. The topological polar surface area (TPSA) is 42.9 Å². The molecule has 0 saturated carbocycles. The molecule has 7 heteroatoms. The molecule has 2 rings (SSSR count). The Morgan fingerprint density at radius 2 is 1.47 bits per heavy atom. The van der Waals surface area contributed by atoms with E-state index >= 15 is 0 Å². The first-order valence-electron chi connectivity index (χ1n) is 3.83. The monoisotopic (exact) mass is 468 g/mol. The minimum Gasteiger partial charge on any atom is -0.260 e. The molecular weight excluding hydrogens is 460 g/mol. The van der Waals surface area contributed by atoms with Crippen LogP contribution in [0.15, 0.2) is 21.1 Å². The van der Waals surface area contributed by atoms with Crippen LogP contribution in [-0.2, 0) is 10.8 Å². The largest absolute Gasteiger partial charge is 0.260 e. The zero-order chi connectivity index (χ0) is 11.4. The van der Waals surface area contributed by atoms with Gasteiger partial charge in [0.05, 0.1) is 0 Å². The van der Waals surface area contributed by atoms with Crippen molar-refractivity contribution in [2.24, 2.45) is 0 Å². The molecule has 1 heterocycles. The molecule has 0 saturated heterocycles. The van der Waals surface area contributed by atoms with Crippen molar-refractivity contribution in [2.45, 2.75) is 0 Å². The molecular formula is C8H8Br2N2OSTe. The molecule has 82 valence electrons. The van der Waals surface area contributed by atoms with Crippen LogP contribution in [0.4, 0.5) is 0 Å². The van der Waals surface area contributed by atoms with Gasteiger partial charge in [-0.05, 0) is 0 Å². The molecule has 2 aromatic rings. The van der Waals surface area contributed by atoms with E-state index in [-0.39, 0.29) is 0 Å². The van der Waals surface area contributed by atoms with Crippen molar-refractivity contribution >= 4 is 74.7 Å². The van der Waals surface area contributed by atoms with Crippen LogP contribution in [0, 0.1) is 0 Å². The number of aromatic nitrogens is 2. The molecule has 0 radical (unpaired) electrons. The van der Waals surface area contributed by atoms with E-state index in [1.165, 1.54) is 0 Å². The summed E-state index contributed by atoms with van der Waals surface area (Å²) in [4.78, 5) is 0. The maximum Gasteiger partial charge on any atom is 0.0148 e. The van der Waals surface area contributed by atoms with Gasteiger partial charge in [-0.15, -0.1) is 0 Å². The number of benzene rings is 1. The Balaban J connectivity index is 0.000000245. The number of hydrogen-bond donors (Lipinski definition) is 0. The maximum absolute atomic E-state index is 9.56. The molecule has 1 aromatic heterocycles. The summed E-state index contributed by atoms with van der Waals surface area (Å²) in [6.45, 7) is 0. The first-order chi connectivity index (χ1) is 7.02. The zero-order valence-electron chi connectivity index (χ0n) is 8.03. The Morgan fingerprint density at radius 3 is 1.80 bits per heavy atom. The normalized spacial score (nSPS) is 10.2. The van der Waals surface area contributed by atoms with E-state index in [1.807, 2.05) is 12.1 Å². The van der Waals surface area contributed by atoms with Gasteiger partial charge in [0, 0.05) is 23.3 Å². The summed E-state index contributed by atoms with van der Waals surface area (Å²) in [6.07, 6.45) is 3.28. The second-order valence-electron chi connectivity index (χ2n) is 2.73. The molecule has 0 atom stereocenters. The smallest absolute Gasteiger partial charge is 0.0148 e. The maximum atomic E-state index is 9.56. The summed E-state index contributed by atoms with van der Waals surface area (Å²) >= 11 is 6.36. The van der Waals surface area contributed by atoms with Crippen molar-refractivity contribution in [3.05, 3.63) is 21.1 Å². The fraction of sp³-hybridized carbons (Fsp3) is 0.250. The third-order valence-corrected chi connectivity index (χ3v) is 4.11. The van der Waals surface area contributed by atoms with Crippen LogP contribution >= 0.6 is 31.9 Å². The van der Waals surface area contributed by atoms with Gasteiger partial charge in [-0.3, -0.25) is 4.21 Å². The van der Waals surface area contributed by atoms with Crippen LogP contribution in [0.2, 0.25) is 0 Å². The minimum absolute atomic E-state index is 0.492. The van der Waals surface area contributed by atoms with Gasteiger partial charge in [-0.1, -0.05) is 0 Å². The van der Waals surface area contributed by atoms with Gasteiger partial charge < -0.3 is 0 Å². The fourth-order valence-electron chi connectivity index (χ4n) is 0.806. The molecule has 0 N–H and O–H groups in total. The predicted octanol–water partition coefficient (Wildman–Crippen LogP) is 2.21. The number of rotatable bonds is 0. The Bertz CT molecular complexity index is 448. The molecule has 0 aliphatic rings. The summed E-state index contributed by atoms with van der Waals surface area (Å²) in [5.74, 6) is 0. The number of nitrogens with zero attached hydrogens (tertiary/aromatic N) is 2. The first-order valence-corrected chi connectivity index (χ1v) is 9.47. The molecule has 0 aliphatic carbocycles. The van der Waals surface area contributed by atoms with Gasteiger partial charge >= 0.3 is 91.4 Å². The Labute approximate surface area is 118 Å². The predicted molar refractivity (Wildman–Crippen MR) is 71.9 cm³/mol. The van der Waals surface area contributed by atoms with Crippen molar-refractivity contribution in [3.8, 4) is 0 Å². The Morgan fingerprint density at radius 1 is 1.13 bits per heavy atom. The van der Waals surface area contributed by atoms with Crippen LogP contribution in [0.25, 0.3) is 11.0 Å².